The summed E-state index contributed by atoms with van der Waals surface area (Å²) in [6.45, 7) is -0.230. The van der Waals surface area contributed by atoms with Crippen LogP contribution in [0.25, 0.3) is 5.69 Å². The SMILES string of the molecule is COc1cccc(Cn2c(=O)c(C(=O)O)nn(-c3ccccc3F)c2=O)c1. The highest BCUT2D eigenvalue weighted by molar-refractivity contribution is 5.84. The maximum atomic E-state index is 14.1. The molecule has 0 atom stereocenters. The number of hydrogen-bond donors (Lipinski definition) is 1. The zero-order valence-electron chi connectivity index (χ0n) is 14.1. The van der Waals surface area contributed by atoms with Crippen molar-refractivity contribution >= 4 is 5.97 Å². The monoisotopic (exact) mass is 371 g/mol. The number of carboxylic acids is 1. The lowest BCUT2D eigenvalue weighted by atomic mass is 10.2. The Morgan fingerprint density at radius 2 is 1.93 bits per heavy atom. The molecule has 8 nitrogen and oxygen atoms in total. The Hall–Kier alpha value is -3.75. The molecule has 3 aromatic rings. The standard InChI is InChI=1S/C18H14FN3O5/c1-27-12-6-4-5-11(9-12)10-21-16(23)15(17(24)25)20-22(18(21)26)14-8-3-2-7-13(14)19/h2-9H,10H2,1H3,(H,24,25). The van der Waals surface area contributed by atoms with E-state index in [2.05, 4.69) is 5.10 Å². The molecule has 0 saturated heterocycles. The van der Waals surface area contributed by atoms with E-state index in [0.29, 0.717) is 20.6 Å². The van der Waals surface area contributed by atoms with Crippen LogP contribution in [0, 0.1) is 5.82 Å². The van der Waals surface area contributed by atoms with Gasteiger partial charge in [0.2, 0.25) is 5.69 Å². The van der Waals surface area contributed by atoms with Gasteiger partial charge in [-0.05, 0) is 29.8 Å². The van der Waals surface area contributed by atoms with Crippen LogP contribution >= 0.6 is 0 Å². The van der Waals surface area contributed by atoms with Crippen molar-refractivity contribution in [3.05, 3.63) is 86.4 Å². The highest BCUT2D eigenvalue weighted by Crippen LogP contribution is 2.13. The van der Waals surface area contributed by atoms with E-state index in [4.69, 9.17) is 4.74 Å². The quantitative estimate of drug-likeness (QED) is 0.725. The van der Waals surface area contributed by atoms with Crippen molar-refractivity contribution in [1.29, 1.82) is 0 Å². The zero-order chi connectivity index (χ0) is 19.6. The fourth-order valence-electron chi connectivity index (χ4n) is 2.52. The molecule has 0 unspecified atom stereocenters. The molecular formula is C18H14FN3O5. The second-order valence-electron chi connectivity index (χ2n) is 5.54. The van der Waals surface area contributed by atoms with E-state index in [0.717, 1.165) is 6.07 Å². The van der Waals surface area contributed by atoms with E-state index in [-0.39, 0.29) is 12.2 Å². The maximum Gasteiger partial charge on any atom is 0.362 e. The van der Waals surface area contributed by atoms with Gasteiger partial charge in [0.15, 0.2) is 0 Å². The molecule has 27 heavy (non-hydrogen) atoms. The van der Waals surface area contributed by atoms with Crippen molar-refractivity contribution in [3.8, 4) is 11.4 Å². The average molecular weight is 371 g/mol. The second-order valence-corrected chi connectivity index (χ2v) is 5.54. The molecule has 1 aromatic heterocycles. The fourth-order valence-corrected chi connectivity index (χ4v) is 2.52. The summed E-state index contributed by atoms with van der Waals surface area (Å²) in [5.41, 5.74) is -2.66. The fraction of sp³-hybridized carbons (Fsp3) is 0.111. The molecule has 0 saturated carbocycles. The smallest absolute Gasteiger partial charge is 0.362 e. The number of ether oxygens (including phenoxy) is 1. The van der Waals surface area contributed by atoms with Crippen molar-refractivity contribution in [1.82, 2.24) is 14.3 Å². The lowest BCUT2D eigenvalue weighted by Gasteiger charge is -2.11. The second kappa shape index (κ2) is 7.24. The van der Waals surface area contributed by atoms with Gasteiger partial charge in [-0.2, -0.15) is 9.78 Å². The first-order chi connectivity index (χ1) is 12.9. The van der Waals surface area contributed by atoms with Crippen molar-refractivity contribution < 1.29 is 19.0 Å². The number of nitrogens with zero attached hydrogens (tertiary/aromatic N) is 3. The minimum atomic E-state index is -1.62. The van der Waals surface area contributed by atoms with Crippen LogP contribution in [-0.2, 0) is 6.54 Å². The van der Waals surface area contributed by atoms with Crippen LogP contribution < -0.4 is 16.0 Å². The summed E-state index contributed by atoms with van der Waals surface area (Å²) >= 11 is 0. The van der Waals surface area contributed by atoms with E-state index in [1.165, 1.54) is 25.3 Å². The van der Waals surface area contributed by atoms with Crippen LogP contribution in [0.2, 0.25) is 0 Å². The number of aromatic nitrogens is 3. The Kier molecular flexibility index (Phi) is 4.84. The highest BCUT2D eigenvalue weighted by Gasteiger charge is 2.21. The van der Waals surface area contributed by atoms with E-state index < -0.39 is 28.7 Å². The van der Waals surface area contributed by atoms with Crippen molar-refractivity contribution in [2.24, 2.45) is 0 Å². The molecule has 0 bridgehead atoms. The normalized spacial score (nSPS) is 10.6. The lowest BCUT2D eigenvalue weighted by molar-refractivity contribution is 0.0684. The molecule has 0 radical (unpaired) electrons. The van der Waals surface area contributed by atoms with E-state index >= 15 is 0 Å². The van der Waals surface area contributed by atoms with Gasteiger partial charge in [-0.25, -0.2) is 14.0 Å². The third-order valence-corrected chi connectivity index (χ3v) is 3.82. The van der Waals surface area contributed by atoms with E-state index in [9.17, 15) is 23.9 Å². The van der Waals surface area contributed by atoms with Crippen molar-refractivity contribution in [2.75, 3.05) is 7.11 Å². The lowest BCUT2D eigenvalue weighted by Crippen LogP contribution is -2.44. The van der Waals surface area contributed by atoms with E-state index in [1.54, 1.807) is 24.3 Å². The number of rotatable bonds is 5. The molecule has 0 fully saturated rings. The van der Waals surface area contributed by atoms with Gasteiger partial charge in [0.05, 0.1) is 13.7 Å². The van der Waals surface area contributed by atoms with Crippen LogP contribution in [0.15, 0.2) is 58.1 Å². The Morgan fingerprint density at radius 1 is 1.19 bits per heavy atom. The Labute approximate surface area is 151 Å². The molecule has 0 aliphatic carbocycles. The molecule has 3 rings (SSSR count). The Balaban J connectivity index is 2.24. The highest BCUT2D eigenvalue weighted by atomic mass is 19.1. The molecule has 1 N–H and O–H groups in total. The molecule has 138 valence electrons. The number of methoxy groups -OCH3 is 1. The average Bonchev–Trinajstić information content (AvgIpc) is 2.66. The summed E-state index contributed by atoms with van der Waals surface area (Å²) in [6.07, 6.45) is 0. The molecule has 0 spiro atoms. The molecule has 9 heteroatoms. The number of carboxylic acid groups (broad SMARTS) is 1. The maximum absolute atomic E-state index is 14.1. The van der Waals surface area contributed by atoms with Crippen LogP contribution in [0.4, 0.5) is 4.39 Å². The number of halogens is 1. The minimum Gasteiger partial charge on any atom is -0.497 e. The summed E-state index contributed by atoms with van der Waals surface area (Å²) in [7, 11) is 1.46. The van der Waals surface area contributed by atoms with Gasteiger partial charge >= 0.3 is 11.7 Å². The van der Waals surface area contributed by atoms with Gasteiger partial charge in [-0.1, -0.05) is 24.3 Å². The minimum absolute atomic E-state index is 0.230. The predicted octanol–water partition coefficient (Wildman–Crippen LogP) is 1.29. The first-order valence-electron chi connectivity index (χ1n) is 7.77. The third-order valence-electron chi connectivity index (χ3n) is 3.82. The van der Waals surface area contributed by atoms with Gasteiger partial charge in [-0.15, -0.1) is 0 Å². The van der Waals surface area contributed by atoms with Gasteiger partial charge in [0.1, 0.15) is 17.3 Å². The summed E-state index contributed by atoms with van der Waals surface area (Å²) in [5, 5.41) is 12.8. The summed E-state index contributed by atoms with van der Waals surface area (Å²) < 4.78 is 20.5. The number of benzene rings is 2. The Bertz CT molecular complexity index is 1140. The summed E-state index contributed by atoms with van der Waals surface area (Å²) in [6, 6.07) is 11.8. The number of aromatic carboxylic acids is 1. The molecule has 0 amide bonds. The van der Waals surface area contributed by atoms with Crippen LogP contribution in [0.3, 0.4) is 0 Å². The molecule has 0 aliphatic heterocycles. The summed E-state index contributed by atoms with van der Waals surface area (Å²) in [4.78, 5) is 36.6. The number of para-hydroxylation sites is 1. The predicted molar refractivity (Wildman–Crippen MR) is 93.1 cm³/mol. The largest absolute Gasteiger partial charge is 0.497 e. The number of hydrogen-bond acceptors (Lipinski definition) is 5. The Morgan fingerprint density at radius 3 is 2.59 bits per heavy atom. The number of carbonyl (C=O) groups is 1. The zero-order valence-corrected chi connectivity index (χ0v) is 14.1. The van der Waals surface area contributed by atoms with Crippen LogP contribution in [0.1, 0.15) is 16.1 Å². The molecule has 1 heterocycles. The molecular weight excluding hydrogens is 357 g/mol. The summed E-state index contributed by atoms with van der Waals surface area (Å²) in [5.74, 6) is -1.90. The van der Waals surface area contributed by atoms with Crippen LogP contribution in [-0.4, -0.2) is 32.5 Å². The van der Waals surface area contributed by atoms with Crippen molar-refractivity contribution in [3.63, 3.8) is 0 Å². The van der Waals surface area contributed by atoms with Crippen molar-refractivity contribution in [2.45, 2.75) is 6.54 Å². The first-order valence-corrected chi connectivity index (χ1v) is 7.77. The van der Waals surface area contributed by atoms with Gasteiger partial charge in [0, 0.05) is 0 Å². The van der Waals surface area contributed by atoms with Gasteiger partial charge in [-0.3, -0.25) is 9.36 Å². The topological polar surface area (TPSA) is 103 Å². The van der Waals surface area contributed by atoms with E-state index in [1.807, 2.05) is 0 Å². The van der Waals surface area contributed by atoms with Gasteiger partial charge in [0.25, 0.3) is 5.56 Å². The van der Waals surface area contributed by atoms with Gasteiger partial charge < -0.3 is 9.84 Å². The molecule has 0 aliphatic rings. The third kappa shape index (κ3) is 3.47. The van der Waals surface area contributed by atoms with Crippen LogP contribution in [0.5, 0.6) is 5.75 Å². The first kappa shape index (κ1) is 18.1. The molecule has 2 aromatic carbocycles.